The number of nitrogens with one attached hydrogen (secondary N) is 1. The van der Waals surface area contributed by atoms with E-state index in [4.69, 9.17) is 4.98 Å². The van der Waals surface area contributed by atoms with E-state index in [-0.39, 0.29) is 6.61 Å². The molecule has 0 saturated carbocycles. The Morgan fingerprint density at radius 3 is 1.94 bits per heavy atom. The maximum Gasteiger partial charge on any atom is 0.137 e. The van der Waals surface area contributed by atoms with Crippen molar-refractivity contribution in [1.82, 2.24) is 10.3 Å². The summed E-state index contributed by atoms with van der Waals surface area (Å²) in [6, 6.07) is 36.8. The maximum absolute atomic E-state index is 9.86. The molecular formula is C29H25N3O. The number of para-hydroxylation sites is 2. The standard InChI is InChI=1S/C29H25N3O/c33-22-24-14-11-21-29(31-24,23-12-4-1-5-13-23)27-19-10-20-28(30-27)32(25-15-6-2-7-16-25)26-17-8-3-9-18-26/h1-21,31,33H,22H2. The van der Waals surface area contributed by atoms with Gasteiger partial charge in [-0.25, -0.2) is 4.98 Å². The predicted molar refractivity (Wildman–Crippen MR) is 134 cm³/mol. The molecule has 1 atom stereocenters. The number of rotatable bonds is 6. The fraction of sp³-hybridized carbons (Fsp3) is 0.0690. The molecule has 5 rings (SSSR count). The minimum atomic E-state index is -0.691. The number of hydrogen-bond acceptors (Lipinski definition) is 4. The smallest absolute Gasteiger partial charge is 0.137 e. The lowest BCUT2D eigenvalue weighted by Gasteiger charge is -2.36. The zero-order chi connectivity index (χ0) is 22.5. The SMILES string of the molecule is OCC1=CC=CC(c2ccccc2)(c2cccc(N(c3ccccc3)c3ccccc3)n2)N1. The third kappa shape index (κ3) is 4.04. The van der Waals surface area contributed by atoms with Gasteiger partial charge in [-0.05, 0) is 54.1 Å². The molecule has 1 aliphatic heterocycles. The van der Waals surface area contributed by atoms with Crippen LogP contribution >= 0.6 is 0 Å². The number of anilines is 3. The van der Waals surface area contributed by atoms with Crippen molar-refractivity contribution in [2.24, 2.45) is 0 Å². The van der Waals surface area contributed by atoms with Crippen LogP contribution in [0.15, 0.2) is 133 Å². The zero-order valence-corrected chi connectivity index (χ0v) is 18.2. The van der Waals surface area contributed by atoms with Crippen LogP contribution in [0, 0.1) is 0 Å². The lowest BCUT2D eigenvalue weighted by Crippen LogP contribution is -2.44. The Kier molecular flexibility index (Phi) is 5.75. The van der Waals surface area contributed by atoms with Gasteiger partial charge in [0.05, 0.1) is 12.3 Å². The summed E-state index contributed by atoms with van der Waals surface area (Å²) in [6.07, 6.45) is 5.98. The second kappa shape index (κ2) is 9.15. The molecule has 1 unspecified atom stereocenters. The Morgan fingerprint density at radius 1 is 0.727 bits per heavy atom. The Bertz CT molecular complexity index is 1230. The van der Waals surface area contributed by atoms with Crippen molar-refractivity contribution in [3.8, 4) is 0 Å². The molecule has 0 spiro atoms. The topological polar surface area (TPSA) is 48.4 Å². The third-order valence-corrected chi connectivity index (χ3v) is 5.80. The molecule has 1 aromatic heterocycles. The molecule has 0 radical (unpaired) electrons. The predicted octanol–water partition coefficient (Wildman–Crippen LogP) is 5.83. The molecule has 0 amide bonds. The third-order valence-electron chi connectivity index (χ3n) is 5.80. The Labute approximate surface area is 194 Å². The van der Waals surface area contributed by atoms with E-state index in [0.717, 1.165) is 34.1 Å². The summed E-state index contributed by atoms with van der Waals surface area (Å²) >= 11 is 0. The number of hydrogen-bond donors (Lipinski definition) is 2. The van der Waals surface area contributed by atoms with Crippen LogP contribution in [0.4, 0.5) is 17.2 Å². The van der Waals surface area contributed by atoms with Gasteiger partial charge in [0.25, 0.3) is 0 Å². The van der Waals surface area contributed by atoms with E-state index in [1.54, 1.807) is 0 Å². The second-order valence-corrected chi connectivity index (χ2v) is 7.90. The first-order chi connectivity index (χ1) is 16.3. The number of aliphatic hydroxyl groups is 1. The van der Waals surface area contributed by atoms with Crippen LogP contribution in [-0.2, 0) is 5.54 Å². The van der Waals surface area contributed by atoms with Gasteiger partial charge in [0.15, 0.2) is 0 Å². The van der Waals surface area contributed by atoms with Crippen LogP contribution in [-0.4, -0.2) is 16.7 Å². The minimum absolute atomic E-state index is 0.0707. The van der Waals surface area contributed by atoms with Gasteiger partial charge in [0, 0.05) is 17.1 Å². The number of pyridine rings is 1. The summed E-state index contributed by atoms with van der Waals surface area (Å²) in [5.41, 5.74) is 4.02. The summed E-state index contributed by atoms with van der Waals surface area (Å²) in [5, 5.41) is 13.4. The number of nitrogens with zero attached hydrogens (tertiary/aromatic N) is 2. The number of aliphatic hydroxyl groups excluding tert-OH is 1. The summed E-state index contributed by atoms with van der Waals surface area (Å²) in [4.78, 5) is 7.32. The van der Waals surface area contributed by atoms with Crippen molar-refractivity contribution in [2.45, 2.75) is 5.54 Å². The first kappa shape index (κ1) is 20.7. The van der Waals surface area contributed by atoms with E-state index in [2.05, 4.69) is 52.7 Å². The van der Waals surface area contributed by atoms with Gasteiger partial charge in [-0.2, -0.15) is 0 Å². The number of aromatic nitrogens is 1. The van der Waals surface area contributed by atoms with Crippen LogP contribution in [0.5, 0.6) is 0 Å². The van der Waals surface area contributed by atoms with Gasteiger partial charge in [-0.3, -0.25) is 4.90 Å². The average molecular weight is 432 g/mol. The Morgan fingerprint density at radius 2 is 1.33 bits per heavy atom. The van der Waals surface area contributed by atoms with Crippen molar-refractivity contribution >= 4 is 17.2 Å². The normalized spacial score (nSPS) is 17.2. The van der Waals surface area contributed by atoms with Crippen LogP contribution in [0.2, 0.25) is 0 Å². The van der Waals surface area contributed by atoms with Gasteiger partial charge in [0.2, 0.25) is 0 Å². The quantitative estimate of drug-likeness (QED) is 0.403. The van der Waals surface area contributed by atoms with Crippen molar-refractivity contribution in [3.63, 3.8) is 0 Å². The van der Waals surface area contributed by atoms with E-state index >= 15 is 0 Å². The van der Waals surface area contributed by atoms with Gasteiger partial charge in [-0.15, -0.1) is 0 Å². The van der Waals surface area contributed by atoms with Crippen LogP contribution in [0.1, 0.15) is 11.3 Å². The second-order valence-electron chi connectivity index (χ2n) is 7.90. The maximum atomic E-state index is 9.86. The summed E-state index contributed by atoms with van der Waals surface area (Å²) in [6.45, 7) is -0.0707. The van der Waals surface area contributed by atoms with E-state index in [0.29, 0.717) is 0 Å². The minimum Gasteiger partial charge on any atom is -0.390 e. The molecule has 1 aliphatic rings. The van der Waals surface area contributed by atoms with Crippen LogP contribution < -0.4 is 10.2 Å². The average Bonchev–Trinajstić information content (AvgIpc) is 2.91. The molecule has 2 N–H and O–H groups in total. The highest BCUT2D eigenvalue weighted by Gasteiger charge is 2.35. The van der Waals surface area contributed by atoms with Crippen LogP contribution in [0.3, 0.4) is 0 Å². The van der Waals surface area contributed by atoms with Crippen molar-refractivity contribution in [2.75, 3.05) is 11.5 Å². The van der Waals surface area contributed by atoms with Gasteiger partial charge in [-0.1, -0.05) is 78.9 Å². The monoisotopic (exact) mass is 431 g/mol. The molecule has 4 heteroatoms. The highest BCUT2D eigenvalue weighted by atomic mass is 16.3. The molecule has 33 heavy (non-hydrogen) atoms. The van der Waals surface area contributed by atoms with Crippen molar-refractivity contribution < 1.29 is 5.11 Å². The summed E-state index contributed by atoms with van der Waals surface area (Å²) in [7, 11) is 0. The Hall–Kier alpha value is -4.15. The lowest BCUT2D eigenvalue weighted by molar-refractivity contribution is 0.310. The van der Waals surface area contributed by atoms with Gasteiger partial charge >= 0.3 is 0 Å². The molecule has 0 bridgehead atoms. The Balaban J connectivity index is 1.67. The molecule has 0 aliphatic carbocycles. The lowest BCUT2D eigenvalue weighted by atomic mass is 9.83. The zero-order valence-electron chi connectivity index (χ0n) is 18.2. The summed E-state index contributed by atoms with van der Waals surface area (Å²) < 4.78 is 0. The summed E-state index contributed by atoms with van der Waals surface area (Å²) in [5.74, 6) is 0.815. The first-order valence-electron chi connectivity index (χ1n) is 11.0. The highest BCUT2D eigenvalue weighted by Crippen LogP contribution is 2.37. The van der Waals surface area contributed by atoms with Gasteiger partial charge in [0.1, 0.15) is 11.4 Å². The van der Waals surface area contributed by atoms with Crippen molar-refractivity contribution in [1.29, 1.82) is 0 Å². The molecule has 3 aromatic carbocycles. The molecular weight excluding hydrogens is 406 g/mol. The molecule has 0 fully saturated rings. The molecule has 162 valence electrons. The molecule has 0 saturated heterocycles. The van der Waals surface area contributed by atoms with E-state index in [1.165, 1.54) is 0 Å². The largest absolute Gasteiger partial charge is 0.390 e. The molecule has 2 heterocycles. The van der Waals surface area contributed by atoms with Gasteiger partial charge < -0.3 is 10.4 Å². The number of dihydropyridines is 1. The molecule has 4 aromatic rings. The van der Waals surface area contributed by atoms with E-state index in [1.807, 2.05) is 84.9 Å². The highest BCUT2D eigenvalue weighted by molar-refractivity contribution is 5.74. The number of benzene rings is 3. The van der Waals surface area contributed by atoms with Crippen LogP contribution in [0.25, 0.3) is 0 Å². The first-order valence-corrected chi connectivity index (χ1v) is 11.0. The molecule has 4 nitrogen and oxygen atoms in total. The van der Waals surface area contributed by atoms with Crippen molar-refractivity contribution in [3.05, 3.63) is 144 Å². The van der Waals surface area contributed by atoms with E-state index in [9.17, 15) is 5.11 Å². The number of allylic oxidation sites excluding steroid dienone is 2. The van der Waals surface area contributed by atoms with E-state index < -0.39 is 5.54 Å². The fourth-order valence-electron chi connectivity index (χ4n) is 4.24. The fourth-order valence-corrected chi connectivity index (χ4v) is 4.24.